The molecule has 2 saturated heterocycles. The number of hydrogen-bond donors (Lipinski definition) is 1. The van der Waals surface area contributed by atoms with Gasteiger partial charge in [0.25, 0.3) is 0 Å². The van der Waals surface area contributed by atoms with Crippen LogP contribution in [0.4, 0.5) is 0 Å². The molecule has 1 unspecified atom stereocenters. The second kappa shape index (κ2) is 7.61. The monoisotopic (exact) mass is 267 g/mol. The molecule has 0 aromatic carbocycles. The number of piperidine rings is 2. The lowest BCUT2D eigenvalue weighted by molar-refractivity contribution is 0.143. The van der Waals surface area contributed by atoms with Crippen LogP contribution in [0, 0.1) is 0 Å². The molecule has 2 heterocycles. The van der Waals surface area contributed by atoms with E-state index in [2.05, 4.69) is 35.9 Å². The van der Waals surface area contributed by atoms with Crippen molar-refractivity contribution < 1.29 is 0 Å². The Morgan fingerprint density at radius 2 is 1.53 bits per heavy atom. The van der Waals surface area contributed by atoms with Crippen molar-refractivity contribution in [2.75, 3.05) is 32.7 Å². The minimum Gasteiger partial charge on any atom is -0.312 e. The Bertz CT molecular complexity index is 240. The average molecular weight is 267 g/mol. The van der Waals surface area contributed by atoms with Gasteiger partial charge in [0, 0.05) is 24.7 Å². The summed E-state index contributed by atoms with van der Waals surface area (Å²) in [6, 6.07) is 2.18. The summed E-state index contributed by atoms with van der Waals surface area (Å²) in [5.74, 6) is 0. The van der Waals surface area contributed by atoms with Gasteiger partial charge in [-0.3, -0.25) is 4.90 Å². The number of likely N-dealkylation sites (tertiary alicyclic amines) is 2. The molecule has 3 heteroatoms. The Kier molecular flexibility index (Phi) is 6.11. The van der Waals surface area contributed by atoms with Crippen LogP contribution in [0.25, 0.3) is 0 Å². The zero-order chi connectivity index (χ0) is 13.7. The molecular formula is C16H33N3. The second-order valence-corrected chi connectivity index (χ2v) is 6.76. The van der Waals surface area contributed by atoms with E-state index in [9.17, 15) is 0 Å². The Morgan fingerprint density at radius 3 is 2.11 bits per heavy atom. The fourth-order valence-corrected chi connectivity index (χ4v) is 3.45. The lowest BCUT2D eigenvalue weighted by Gasteiger charge is -2.37. The van der Waals surface area contributed by atoms with Gasteiger partial charge in [0.2, 0.25) is 0 Å². The third-order valence-corrected chi connectivity index (χ3v) is 4.98. The third kappa shape index (κ3) is 4.73. The van der Waals surface area contributed by atoms with E-state index in [1.165, 1.54) is 64.8 Å². The summed E-state index contributed by atoms with van der Waals surface area (Å²) in [7, 11) is 0. The van der Waals surface area contributed by atoms with E-state index in [0.717, 1.165) is 6.04 Å². The molecule has 2 rings (SSSR count). The van der Waals surface area contributed by atoms with Crippen LogP contribution in [-0.2, 0) is 0 Å². The number of hydrogen-bond acceptors (Lipinski definition) is 3. The maximum absolute atomic E-state index is 3.81. The van der Waals surface area contributed by atoms with Gasteiger partial charge < -0.3 is 10.2 Å². The molecular weight excluding hydrogens is 234 g/mol. The van der Waals surface area contributed by atoms with Crippen LogP contribution in [0.15, 0.2) is 0 Å². The molecule has 2 aliphatic heterocycles. The quantitative estimate of drug-likeness (QED) is 0.825. The van der Waals surface area contributed by atoms with Crippen molar-refractivity contribution in [3.05, 3.63) is 0 Å². The first-order valence-electron chi connectivity index (χ1n) is 8.38. The molecule has 0 amide bonds. The predicted octanol–water partition coefficient (Wildman–Crippen LogP) is 2.32. The van der Waals surface area contributed by atoms with Gasteiger partial charge in [0.15, 0.2) is 0 Å². The van der Waals surface area contributed by atoms with Crippen LogP contribution in [0.5, 0.6) is 0 Å². The maximum atomic E-state index is 3.81. The van der Waals surface area contributed by atoms with Gasteiger partial charge in [-0.1, -0.05) is 6.42 Å². The third-order valence-electron chi connectivity index (χ3n) is 4.98. The summed E-state index contributed by atoms with van der Waals surface area (Å²) in [6.07, 6.45) is 6.88. The highest BCUT2D eigenvalue weighted by Crippen LogP contribution is 2.14. The summed E-state index contributed by atoms with van der Waals surface area (Å²) in [5.41, 5.74) is 0. The highest BCUT2D eigenvalue weighted by molar-refractivity contribution is 4.81. The Hall–Kier alpha value is -0.120. The van der Waals surface area contributed by atoms with E-state index < -0.39 is 0 Å². The molecule has 2 fully saturated rings. The fourth-order valence-electron chi connectivity index (χ4n) is 3.45. The Balaban J connectivity index is 1.63. The molecule has 0 aliphatic carbocycles. The van der Waals surface area contributed by atoms with Gasteiger partial charge in [-0.05, 0) is 72.6 Å². The van der Waals surface area contributed by atoms with Crippen molar-refractivity contribution in [1.82, 2.24) is 15.1 Å². The molecule has 0 aromatic rings. The van der Waals surface area contributed by atoms with Crippen LogP contribution >= 0.6 is 0 Å². The first-order valence-corrected chi connectivity index (χ1v) is 8.38. The van der Waals surface area contributed by atoms with Crippen LogP contribution in [0.1, 0.15) is 52.9 Å². The molecule has 0 bridgehead atoms. The zero-order valence-electron chi connectivity index (χ0n) is 13.2. The standard InChI is InChI=1S/C16H33N3/c1-14(2)18-11-7-16(8-12-18)17-13-15(3)19-9-5-4-6-10-19/h14-17H,4-13H2,1-3H3. The molecule has 0 aromatic heterocycles. The van der Waals surface area contributed by atoms with E-state index in [0.29, 0.717) is 12.1 Å². The first-order chi connectivity index (χ1) is 9.16. The normalized spacial score (nSPS) is 25.9. The first kappa shape index (κ1) is 15.3. The molecule has 1 atom stereocenters. The Morgan fingerprint density at radius 1 is 0.895 bits per heavy atom. The maximum Gasteiger partial charge on any atom is 0.0192 e. The SMILES string of the molecule is CC(C)N1CCC(NCC(C)N2CCCCC2)CC1. The second-order valence-electron chi connectivity index (χ2n) is 6.76. The smallest absolute Gasteiger partial charge is 0.0192 e. The van der Waals surface area contributed by atoms with Gasteiger partial charge in [-0.25, -0.2) is 0 Å². The van der Waals surface area contributed by atoms with E-state index in [4.69, 9.17) is 0 Å². The molecule has 3 nitrogen and oxygen atoms in total. The predicted molar refractivity (Wildman–Crippen MR) is 82.6 cm³/mol. The molecule has 2 aliphatic rings. The highest BCUT2D eigenvalue weighted by atomic mass is 15.2. The van der Waals surface area contributed by atoms with Crippen LogP contribution < -0.4 is 5.32 Å². The van der Waals surface area contributed by atoms with Crippen LogP contribution in [0.2, 0.25) is 0 Å². The minimum absolute atomic E-state index is 0.712. The van der Waals surface area contributed by atoms with Crippen LogP contribution in [-0.4, -0.2) is 60.6 Å². The number of rotatable bonds is 5. The summed E-state index contributed by atoms with van der Waals surface area (Å²) >= 11 is 0. The van der Waals surface area contributed by atoms with Crippen molar-refractivity contribution in [3.8, 4) is 0 Å². The zero-order valence-corrected chi connectivity index (χ0v) is 13.2. The van der Waals surface area contributed by atoms with Gasteiger partial charge in [0.05, 0.1) is 0 Å². The van der Waals surface area contributed by atoms with E-state index >= 15 is 0 Å². The van der Waals surface area contributed by atoms with Crippen molar-refractivity contribution in [2.24, 2.45) is 0 Å². The van der Waals surface area contributed by atoms with Crippen molar-refractivity contribution in [2.45, 2.75) is 71.0 Å². The summed E-state index contributed by atoms with van der Waals surface area (Å²) in [5, 5.41) is 3.81. The Labute approximate surface area is 119 Å². The van der Waals surface area contributed by atoms with Crippen molar-refractivity contribution in [1.29, 1.82) is 0 Å². The fraction of sp³-hybridized carbons (Fsp3) is 1.00. The summed E-state index contributed by atoms with van der Waals surface area (Å²) in [6.45, 7) is 13.4. The molecule has 0 spiro atoms. The lowest BCUT2D eigenvalue weighted by Crippen LogP contribution is -2.49. The van der Waals surface area contributed by atoms with Crippen molar-refractivity contribution >= 4 is 0 Å². The molecule has 19 heavy (non-hydrogen) atoms. The largest absolute Gasteiger partial charge is 0.312 e. The topological polar surface area (TPSA) is 18.5 Å². The highest BCUT2D eigenvalue weighted by Gasteiger charge is 2.22. The molecule has 0 radical (unpaired) electrons. The summed E-state index contributed by atoms with van der Waals surface area (Å²) < 4.78 is 0. The van der Waals surface area contributed by atoms with Gasteiger partial charge in [0.1, 0.15) is 0 Å². The van der Waals surface area contributed by atoms with Crippen molar-refractivity contribution in [3.63, 3.8) is 0 Å². The van der Waals surface area contributed by atoms with Gasteiger partial charge >= 0.3 is 0 Å². The van der Waals surface area contributed by atoms with E-state index in [1.807, 2.05) is 0 Å². The average Bonchev–Trinajstić information content (AvgIpc) is 2.46. The molecule has 0 saturated carbocycles. The van der Waals surface area contributed by atoms with Crippen LogP contribution in [0.3, 0.4) is 0 Å². The number of nitrogens with one attached hydrogen (secondary N) is 1. The molecule has 112 valence electrons. The van der Waals surface area contributed by atoms with E-state index in [-0.39, 0.29) is 0 Å². The number of nitrogens with zero attached hydrogens (tertiary/aromatic N) is 2. The van der Waals surface area contributed by atoms with Gasteiger partial charge in [-0.2, -0.15) is 0 Å². The lowest BCUT2D eigenvalue weighted by atomic mass is 10.0. The molecule has 1 N–H and O–H groups in total. The van der Waals surface area contributed by atoms with E-state index in [1.54, 1.807) is 0 Å². The summed E-state index contributed by atoms with van der Waals surface area (Å²) in [4.78, 5) is 5.27. The minimum atomic E-state index is 0.712. The van der Waals surface area contributed by atoms with Gasteiger partial charge in [-0.15, -0.1) is 0 Å².